The van der Waals surface area contributed by atoms with Crippen molar-refractivity contribution >= 4 is 0 Å². The smallest absolute Gasteiger partial charge is 0.0698 e. The van der Waals surface area contributed by atoms with Crippen LogP contribution in [-0.2, 0) is 4.74 Å². The third-order valence-electron chi connectivity index (χ3n) is 2.83. The van der Waals surface area contributed by atoms with Crippen LogP contribution in [0, 0.1) is 13.8 Å². The van der Waals surface area contributed by atoms with Crippen LogP contribution in [0.5, 0.6) is 0 Å². The predicted octanol–water partition coefficient (Wildman–Crippen LogP) is 1.96. The lowest BCUT2D eigenvalue weighted by molar-refractivity contribution is 0.0928. The Morgan fingerprint density at radius 2 is 2.06 bits per heavy atom. The molecule has 0 aromatic heterocycles. The Balaban J connectivity index is 2.41. The fraction of sp³-hybridized carbons (Fsp3) is 0.571. The van der Waals surface area contributed by atoms with Gasteiger partial charge in [-0.1, -0.05) is 23.8 Å². The summed E-state index contributed by atoms with van der Waals surface area (Å²) in [6.45, 7) is 8.35. The summed E-state index contributed by atoms with van der Waals surface area (Å²) in [5.41, 5.74) is 3.94. The quantitative estimate of drug-likeness (QED) is 0.712. The van der Waals surface area contributed by atoms with Crippen molar-refractivity contribution in [3.05, 3.63) is 34.9 Å². The van der Waals surface area contributed by atoms with Crippen molar-refractivity contribution in [2.45, 2.75) is 26.8 Å². The van der Waals surface area contributed by atoms with E-state index in [1.165, 1.54) is 16.7 Å². The van der Waals surface area contributed by atoms with Crippen molar-refractivity contribution in [3.8, 4) is 0 Å². The molecule has 0 spiro atoms. The van der Waals surface area contributed by atoms with Crippen molar-refractivity contribution in [2.24, 2.45) is 0 Å². The summed E-state index contributed by atoms with van der Waals surface area (Å²) in [6, 6.07) is 6.84. The summed E-state index contributed by atoms with van der Waals surface area (Å²) in [7, 11) is 0. The molecule has 1 aromatic carbocycles. The highest BCUT2D eigenvalue weighted by Gasteiger charge is 2.07. The van der Waals surface area contributed by atoms with Crippen molar-refractivity contribution in [2.75, 3.05) is 26.4 Å². The molecule has 0 aliphatic carbocycles. The van der Waals surface area contributed by atoms with E-state index in [-0.39, 0.29) is 6.61 Å². The first kappa shape index (κ1) is 14.2. The summed E-state index contributed by atoms with van der Waals surface area (Å²) in [4.78, 5) is 0. The van der Waals surface area contributed by atoms with Gasteiger partial charge in [0, 0.05) is 12.6 Å². The van der Waals surface area contributed by atoms with Gasteiger partial charge in [-0.25, -0.2) is 0 Å². The first-order chi connectivity index (χ1) is 8.15. The maximum absolute atomic E-state index is 8.57. The molecule has 0 saturated carbocycles. The summed E-state index contributed by atoms with van der Waals surface area (Å²) < 4.78 is 5.21. The molecule has 17 heavy (non-hydrogen) atoms. The van der Waals surface area contributed by atoms with Gasteiger partial charge in [0.2, 0.25) is 0 Å². The average molecular weight is 237 g/mol. The predicted molar refractivity (Wildman–Crippen MR) is 70.2 cm³/mol. The Hall–Kier alpha value is -0.900. The fourth-order valence-corrected chi connectivity index (χ4v) is 1.85. The Bertz CT molecular complexity index is 339. The van der Waals surface area contributed by atoms with E-state index < -0.39 is 0 Å². The van der Waals surface area contributed by atoms with Gasteiger partial charge in [-0.05, 0) is 31.9 Å². The van der Waals surface area contributed by atoms with Gasteiger partial charge in [0.15, 0.2) is 0 Å². The molecule has 0 bridgehead atoms. The van der Waals surface area contributed by atoms with Crippen LogP contribution >= 0.6 is 0 Å². The second-order valence-corrected chi connectivity index (χ2v) is 4.37. The van der Waals surface area contributed by atoms with E-state index in [9.17, 15) is 0 Å². The molecule has 1 aromatic rings. The van der Waals surface area contributed by atoms with Gasteiger partial charge in [0.25, 0.3) is 0 Å². The molecule has 1 rings (SSSR count). The summed E-state index contributed by atoms with van der Waals surface area (Å²) in [5, 5.41) is 12.0. The number of hydrogen-bond donors (Lipinski definition) is 2. The van der Waals surface area contributed by atoms with E-state index in [1.807, 2.05) is 0 Å². The third kappa shape index (κ3) is 4.86. The Labute approximate surface area is 104 Å². The molecule has 0 saturated heterocycles. The molecule has 0 aliphatic heterocycles. The zero-order valence-corrected chi connectivity index (χ0v) is 11.0. The van der Waals surface area contributed by atoms with Crippen molar-refractivity contribution in [3.63, 3.8) is 0 Å². The highest BCUT2D eigenvalue weighted by atomic mass is 16.5. The average Bonchev–Trinajstić information content (AvgIpc) is 2.32. The van der Waals surface area contributed by atoms with E-state index in [0.29, 0.717) is 19.3 Å². The summed E-state index contributed by atoms with van der Waals surface area (Å²) in [5.74, 6) is 0. The van der Waals surface area contributed by atoms with Gasteiger partial charge < -0.3 is 15.2 Å². The third-order valence-corrected chi connectivity index (χ3v) is 2.83. The number of aliphatic hydroxyl groups excluding tert-OH is 1. The Morgan fingerprint density at radius 3 is 2.76 bits per heavy atom. The fourth-order valence-electron chi connectivity index (χ4n) is 1.85. The lowest BCUT2D eigenvalue weighted by atomic mass is 10.00. The molecule has 0 aliphatic rings. The summed E-state index contributed by atoms with van der Waals surface area (Å²) in [6.07, 6.45) is 0. The summed E-state index contributed by atoms with van der Waals surface area (Å²) >= 11 is 0. The second-order valence-electron chi connectivity index (χ2n) is 4.37. The van der Waals surface area contributed by atoms with Gasteiger partial charge in [-0.2, -0.15) is 0 Å². The van der Waals surface area contributed by atoms with E-state index in [4.69, 9.17) is 9.84 Å². The van der Waals surface area contributed by atoms with Crippen molar-refractivity contribution in [1.29, 1.82) is 0 Å². The molecule has 3 nitrogen and oxygen atoms in total. The number of aryl methyl sites for hydroxylation is 2. The number of aliphatic hydroxyl groups is 1. The van der Waals surface area contributed by atoms with Crippen LogP contribution in [0.25, 0.3) is 0 Å². The van der Waals surface area contributed by atoms with Crippen LogP contribution < -0.4 is 5.32 Å². The maximum atomic E-state index is 8.57. The van der Waals surface area contributed by atoms with Gasteiger partial charge in [0.1, 0.15) is 0 Å². The molecular formula is C14H23NO2. The molecular weight excluding hydrogens is 214 g/mol. The molecule has 1 atom stereocenters. The lowest BCUT2D eigenvalue weighted by Gasteiger charge is -2.17. The number of nitrogens with one attached hydrogen (secondary N) is 1. The van der Waals surface area contributed by atoms with Gasteiger partial charge in [-0.15, -0.1) is 0 Å². The molecule has 2 N–H and O–H groups in total. The second kappa shape index (κ2) is 7.43. The monoisotopic (exact) mass is 237 g/mol. The van der Waals surface area contributed by atoms with E-state index in [0.717, 1.165) is 6.54 Å². The molecule has 96 valence electrons. The molecule has 3 heteroatoms. The largest absolute Gasteiger partial charge is 0.394 e. The van der Waals surface area contributed by atoms with Gasteiger partial charge in [0.05, 0.1) is 19.8 Å². The van der Waals surface area contributed by atoms with Crippen LogP contribution in [-0.4, -0.2) is 31.5 Å². The van der Waals surface area contributed by atoms with Crippen molar-refractivity contribution in [1.82, 2.24) is 5.32 Å². The number of rotatable bonds is 7. The molecule has 0 radical (unpaired) electrons. The zero-order valence-electron chi connectivity index (χ0n) is 11.0. The van der Waals surface area contributed by atoms with Crippen LogP contribution in [0.4, 0.5) is 0 Å². The van der Waals surface area contributed by atoms with Crippen molar-refractivity contribution < 1.29 is 9.84 Å². The highest BCUT2D eigenvalue weighted by molar-refractivity contribution is 5.32. The van der Waals surface area contributed by atoms with E-state index >= 15 is 0 Å². The first-order valence-corrected chi connectivity index (χ1v) is 6.14. The van der Waals surface area contributed by atoms with Gasteiger partial charge >= 0.3 is 0 Å². The van der Waals surface area contributed by atoms with E-state index in [1.54, 1.807) is 0 Å². The molecule has 0 heterocycles. The van der Waals surface area contributed by atoms with Gasteiger partial charge in [-0.3, -0.25) is 0 Å². The molecule has 0 amide bonds. The van der Waals surface area contributed by atoms with Crippen LogP contribution in [0.2, 0.25) is 0 Å². The van der Waals surface area contributed by atoms with Crippen LogP contribution in [0.15, 0.2) is 18.2 Å². The van der Waals surface area contributed by atoms with E-state index in [2.05, 4.69) is 44.3 Å². The molecule has 0 fully saturated rings. The SMILES string of the molecule is Cc1ccc(C)c(C(C)NCCOCCO)c1. The Morgan fingerprint density at radius 1 is 1.29 bits per heavy atom. The number of benzene rings is 1. The Kier molecular flexibility index (Phi) is 6.19. The minimum Gasteiger partial charge on any atom is -0.394 e. The minimum absolute atomic E-state index is 0.0898. The highest BCUT2D eigenvalue weighted by Crippen LogP contribution is 2.18. The zero-order chi connectivity index (χ0) is 12.7. The van der Waals surface area contributed by atoms with Crippen LogP contribution in [0.3, 0.4) is 0 Å². The lowest BCUT2D eigenvalue weighted by Crippen LogP contribution is -2.24. The standard InChI is InChI=1S/C14H23NO2/c1-11-4-5-12(2)14(10-11)13(3)15-6-8-17-9-7-16/h4-5,10,13,15-16H,6-9H2,1-3H3. The number of hydrogen-bond acceptors (Lipinski definition) is 3. The maximum Gasteiger partial charge on any atom is 0.0698 e. The molecule has 1 unspecified atom stereocenters. The topological polar surface area (TPSA) is 41.5 Å². The normalized spacial score (nSPS) is 12.7. The number of ether oxygens (including phenoxy) is 1. The van der Waals surface area contributed by atoms with Crippen LogP contribution in [0.1, 0.15) is 29.7 Å². The minimum atomic E-state index is 0.0898. The first-order valence-electron chi connectivity index (χ1n) is 6.14.